The highest BCUT2D eigenvalue weighted by atomic mass is 32.1. The number of hydrogen-bond donors (Lipinski definition) is 0. The molecule has 0 saturated carbocycles. The smallest absolute Gasteiger partial charge is 0.222 e. The van der Waals surface area contributed by atoms with E-state index in [1.54, 1.807) is 17.5 Å². The number of nitrogens with zero attached hydrogens (tertiary/aromatic N) is 3. The minimum atomic E-state index is 0.133. The van der Waals surface area contributed by atoms with Crippen LogP contribution in [0.15, 0.2) is 36.1 Å². The molecule has 0 atom stereocenters. The van der Waals surface area contributed by atoms with Crippen molar-refractivity contribution in [2.75, 3.05) is 13.1 Å². The number of carbonyl (C=O) groups excluding carboxylic acids is 1. The maximum absolute atomic E-state index is 12.4. The van der Waals surface area contributed by atoms with Gasteiger partial charge in [-0.15, -0.1) is 11.3 Å². The zero-order valence-electron chi connectivity index (χ0n) is 12.9. The first-order chi connectivity index (χ1) is 10.7. The fraction of sp³-hybridized carbons (Fsp3) is 0.471. The average Bonchev–Trinajstić information content (AvgIpc) is 3.10. The van der Waals surface area contributed by atoms with Crippen LogP contribution >= 0.6 is 11.3 Å². The van der Waals surface area contributed by atoms with E-state index in [-0.39, 0.29) is 11.3 Å². The van der Waals surface area contributed by atoms with Crippen LogP contribution in [-0.2, 0) is 16.6 Å². The maximum Gasteiger partial charge on any atom is 0.222 e. The zero-order chi connectivity index (χ0) is 15.4. The Balaban J connectivity index is 1.52. The van der Waals surface area contributed by atoms with E-state index in [9.17, 15) is 4.79 Å². The van der Waals surface area contributed by atoms with Crippen molar-refractivity contribution in [2.45, 2.75) is 38.0 Å². The highest BCUT2D eigenvalue weighted by Gasteiger charge is 2.34. The van der Waals surface area contributed by atoms with Gasteiger partial charge in [0, 0.05) is 48.9 Å². The van der Waals surface area contributed by atoms with E-state index in [4.69, 9.17) is 0 Å². The van der Waals surface area contributed by atoms with Crippen LogP contribution < -0.4 is 0 Å². The Morgan fingerprint density at radius 3 is 2.82 bits per heavy atom. The van der Waals surface area contributed by atoms with Crippen molar-refractivity contribution in [2.24, 2.45) is 0 Å². The molecule has 0 N–H and O–H groups in total. The van der Waals surface area contributed by atoms with Crippen LogP contribution in [0.3, 0.4) is 0 Å². The quantitative estimate of drug-likeness (QED) is 0.871. The third-order valence-electron chi connectivity index (χ3n) is 4.52. The van der Waals surface area contributed by atoms with Crippen molar-refractivity contribution in [3.63, 3.8) is 0 Å². The third kappa shape index (κ3) is 3.35. The first-order valence-electron chi connectivity index (χ1n) is 7.74. The third-order valence-corrected chi connectivity index (χ3v) is 5.60. The molecule has 4 nitrogen and oxygen atoms in total. The number of amides is 1. The van der Waals surface area contributed by atoms with E-state index >= 15 is 0 Å². The first-order valence-corrected chi connectivity index (χ1v) is 8.62. The van der Waals surface area contributed by atoms with Crippen LogP contribution in [0.2, 0.25) is 0 Å². The molecule has 5 heteroatoms. The molecule has 0 unspecified atom stereocenters. The lowest BCUT2D eigenvalue weighted by molar-refractivity contribution is -0.132. The van der Waals surface area contributed by atoms with Crippen LogP contribution in [-0.4, -0.2) is 33.9 Å². The van der Waals surface area contributed by atoms with Gasteiger partial charge in [0.1, 0.15) is 0 Å². The van der Waals surface area contributed by atoms with Gasteiger partial charge in [-0.2, -0.15) is 0 Å². The fourth-order valence-corrected chi connectivity index (χ4v) is 3.80. The molecule has 3 heterocycles. The largest absolute Gasteiger partial charge is 0.343 e. The molecule has 2 aromatic rings. The van der Waals surface area contributed by atoms with E-state index in [1.165, 1.54) is 5.01 Å². The van der Waals surface area contributed by atoms with Crippen molar-refractivity contribution < 1.29 is 4.79 Å². The Bertz CT molecular complexity index is 604. The number of carbonyl (C=O) groups is 1. The Kier molecular flexibility index (Phi) is 4.52. The summed E-state index contributed by atoms with van der Waals surface area (Å²) in [5.41, 5.74) is 1.26. The molecule has 3 rings (SSSR count). The average molecular weight is 315 g/mol. The summed E-state index contributed by atoms with van der Waals surface area (Å²) in [6, 6.07) is 3.94. The molecule has 0 aromatic carbocycles. The second-order valence-corrected chi connectivity index (χ2v) is 7.03. The molecule has 0 spiro atoms. The molecule has 0 aliphatic carbocycles. The maximum atomic E-state index is 12.4. The van der Waals surface area contributed by atoms with Gasteiger partial charge < -0.3 is 4.90 Å². The number of thiazole rings is 1. The van der Waals surface area contributed by atoms with Crippen molar-refractivity contribution in [1.29, 1.82) is 0 Å². The molecular weight excluding hydrogens is 294 g/mol. The summed E-state index contributed by atoms with van der Waals surface area (Å²) >= 11 is 1.72. The van der Waals surface area contributed by atoms with Crippen LogP contribution in [0.4, 0.5) is 0 Å². The minimum Gasteiger partial charge on any atom is -0.343 e. The second-order valence-electron chi connectivity index (χ2n) is 6.14. The summed E-state index contributed by atoms with van der Waals surface area (Å²) in [5.74, 6) is 0.255. The Morgan fingerprint density at radius 1 is 1.36 bits per heavy atom. The van der Waals surface area contributed by atoms with Gasteiger partial charge in [-0.1, -0.05) is 13.0 Å². The molecule has 1 fully saturated rings. The highest BCUT2D eigenvalue weighted by molar-refractivity contribution is 7.09. The van der Waals surface area contributed by atoms with Gasteiger partial charge in [-0.3, -0.25) is 9.78 Å². The summed E-state index contributed by atoms with van der Waals surface area (Å²) < 4.78 is 0. The molecule has 2 aromatic heterocycles. The van der Waals surface area contributed by atoms with Gasteiger partial charge >= 0.3 is 0 Å². The molecule has 22 heavy (non-hydrogen) atoms. The number of aryl methyl sites for hydroxylation is 1. The van der Waals surface area contributed by atoms with Gasteiger partial charge in [-0.25, -0.2) is 4.98 Å². The Hall–Kier alpha value is -1.75. The van der Waals surface area contributed by atoms with E-state index in [0.29, 0.717) is 6.42 Å². The van der Waals surface area contributed by atoms with Crippen molar-refractivity contribution in [3.8, 4) is 0 Å². The summed E-state index contributed by atoms with van der Waals surface area (Å²) in [7, 11) is 0. The van der Waals surface area contributed by atoms with E-state index in [2.05, 4.69) is 16.9 Å². The number of pyridine rings is 1. The van der Waals surface area contributed by atoms with Gasteiger partial charge in [0.2, 0.25) is 5.91 Å². The molecule has 1 amide bonds. The zero-order valence-corrected chi connectivity index (χ0v) is 13.7. The molecule has 116 valence electrons. The van der Waals surface area contributed by atoms with Crippen LogP contribution in [0.1, 0.15) is 36.8 Å². The van der Waals surface area contributed by atoms with Gasteiger partial charge in [-0.05, 0) is 30.9 Å². The first kappa shape index (κ1) is 15.2. The minimum absolute atomic E-state index is 0.133. The lowest BCUT2D eigenvalue weighted by Gasteiger charge is -2.38. The topological polar surface area (TPSA) is 46.1 Å². The predicted octanol–water partition coefficient (Wildman–Crippen LogP) is 3.05. The number of hydrogen-bond acceptors (Lipinski definition) is 4. The molecule has 0 radical (unpaired) electrons. The SMILES string of the molecule is CC1(c2nccs2)CCN(C(=O)CCc2cccnc2)CC1. The summed E-state index contributed by atoms with van der Waals surface area (Å²) in [4.78, 5) is 22.9. The summed E-state index contributed by atoms with van der Waals surface area (Å²) in [6.45, 7) is 3.94. The van der Waals surface area contributed by atoms with Crippen LogP contribution in [0.25, 0.3) is 0 Å². The summed E-state index contributed by atoms with van der Waals surface area (Å²) in [6.07, 6.45) is 8.81. The fourth-order valence-electron chi connectivity index (χ4n) is 2.94. The number of aromatic nitrogens is 2. The standard InChI is InChI=1S/C17H21N3OS/c1-17(16-19-9-12-22-16)6-10-20(11-7-17)15(21)5-4-14-3-2-8-18-13-14/h2-3,8-9,12-13H,4-7,10-11H2,1H3. The molecule has 1 aliphatic rings. The lowest BCUT2D eigenvalue weighted by Crippen LogP contribution is -2.44. The van der Waals surface area contributed by atoms with Crippen LogP contribution in [0.5, 0.6) is 0 Å². The number of piperidine rings is 1. The lowest BCUT2D eigenvalue weighted by atomic mass is 9.81. The Morgan fingerprint density at radius 2 is 2.18 bits per heavy atom. The second kappa shape index (κ2) is 6.57. The molecule has 1 aliphatic heterocycles. The van der Waals surface area contributed by atoms with E-state index in [0.717, 1.165) is 37.9 Å². The van der Waals surface area contributed by atoms with Crippen molar-refractivity contribution in [1.82, 2.24) is 14.9 Å². The van der Waals surface area contributed by atoms with Gasteiger partial charge in [0.15, 0.2) is 0 Å². The van der Waals surface area contributed by atoms with Crippen LogP contribution in [0, 0.1) is 0 Å². The van der Waals surface area contributed by atoms with Crippen molar-refractivity contribution in [3.05, 3.63) is 46.7 Å². The van der Waals surface area contributed by atoms with Gasteiger partial charge in [0.25, 0.3) is 0 Å². The summed E-state index contributed by atoms with van der Waals surface area (Å²) in [5, 5.41) is 3.24. The molecular formula is C17H21N3OS. The van der Waals surface area contributed by atoms with E-state index in [1.807, 2.05) is 34.8 Å². The highest BCUT2D eigenvalue weighted by Crippen LogP contribution is 2.36. The number of rotatable bonds is 4. The predicted molar refractivity (Wildman–Crippen MR) is 87.8 cm³/mol. The van der Waals surface area contributed by atoms with Gasteiger partial charge in [0.05, 0.1) is 5.01 Å². The van der Waals surface area contributed by atoms with E-state index < -0.39 is 0 Å². The van der Waals surface area contributed by atoms with Crippen molar-refractivity contribution >= 4 is 17.2 Å². The molecule has 1 saturated heterocycles. The molecule has 0 bridgehead atoms. The number of likely N-dealkylation sites (tertiary alicyclic amines) is 1. The monoisotopic (exact) mass is 315 g/mol. The normalized spacial score (nSPS) is 17.4. The Labute approximate surface area is 135 Å².